The summed E-state index contributed by atoms with van der Waals surface area (Å²) in [7, 11) is 0. The van der Waals surface area contributed by atoms with Crippen LogP contribution < -0.4 is 0 Å². The second-order valence-electron chi connectivity index (χ2n) is 6.01. The van der Waals surface area contributed by atoms with Crippen LogP contribution in [0.15, 0.2) is 0 Å². The molecule has 72 valence electrons. The summed E-state index contributed by atoms with van der Waals surface area (Å²) in [5.41, 5.74) is 0.493. The summed E-state index contributed by atoms with van der Waals surface area (Å²) in [6.45, 7) is 11.1. The third kappa shape index (κ3) is 1.82. The normalized spacial score (nSPS) is 35.5. The first-order valence-electron chi connectivity index (χ1n) is 4.91. The van der Waals surface area contributed by atoms with Crippen molar-refractivity contribution in [3.05, 3.63) is 0 Å². The van der Waals surface area contributed by atoms with E-state index in [9.17, 15) is 5.11 Å². The van der Waals surface area contributed by atoms with E-state index < -0.39 is 0 Å². The smallest absolute Gasteiger partial charge is 0.0594 e. The van der Waals surface area contributed by atoms with Crippen molar-refractivity contribution in [3.63, 3.8) is 0 Å². The molecule has 0 aromatic rings. The first-order valence-corrected chi connectivity index (χ1v) is 4.91. The lowest BCUT2D eigenvalue weighted by Crippen LogP contribution is -2.21. The molecule has 0 saturated heterocycles. The summed E-state index contributed by atoms with van der Waals surface area (Å²) in [5.74, 6) is 0.683. The molecule has 1 nitrogen and oxygen atoms in total. The Morgan fingerprint density at radius 2 is 1.75 bits per heavy atom. The fourth-order valence-electron chi connectivity index (χ4n) is 2.10. The average molecular weight is 170 g/mol. The maximum atomic E-state index is 9.79. The van der Waals surface area contributed by atoms with Crippen LogP contribution in [0.1, 0.15) is 47.5 Å². The fraction of sp³-hybridized carbons (Fsp3) is 1.00. The summed E-state index contributed by atoms with van der Waals surface area (Å²) < 4.78 is 0. The van der Waals surface area contributed by atoms with Crippen molar-refractivity contribution in [2.45, 2.75) is 53.6 Å². The Morgan fingerprint density at radius 3 is 1.92 bits per heavy atom. The fourth-order valence-corrected chi connectivity index (χ4v) is 2.10. The first-order chi connectivity index (χ1) is 5.23. The van der Waals surface area contributed by atoms with Crippen molar-refractivity contribution in [2.75, 3.05) is 0 Å². The summed E-state index contributed by atoms with van der Waals surface area (Å²) in [6.07, 6.45) is 2.05. The Bertz CT molecular complexity index is 164. The van der Waals surface area contributed by atoms with Gasteiger partial charge in [0.25, 0.3) is 0 Å². The van der Waals surface area contributed by atoms with E-state index in [4.69, 9.17) is 0 Å². The molecule has 0 aromatic heterocycles. The highest BCUT2D eigenvalue weighted by Crippen LogP contribution is 2.48. The summed E-state index contributed by atoms with van der Waals surface area (Å²) in [6, 6.07) is 0. The molecule has 1 fully saturated rings. The van der Waals surface area contributed by atoms with Gasteiger partial charge < -0.3 is 5.11 Å². The molecule has 1 N–H and O–H groups in total. The van der Waals surface area contributed by atoms with Gasteiger partial charge in [-0.1, -0.05) is 34.6 Å². The molecular weight excluding hydrogens is 148 g/mol. The number of hydrogen-bond donors (Lipinski definition) is 1. The minimum absolute atomic E-state index is 0.0956. The lowest BCUT2D eigenvalue weighted by molar-refractivity contribution is 0.0791. The van der Waals surface area contributed by atoms with Crippen LogP contribution in [-0.2, 0) is 0 Å². The Morgan fingerprint density at radius 1 is 1.25 bits per heavy atom. The van der Waals surface area contributed by atoms with Gasteiger partial charge in [-0.05, 0) is 29.6 Å². The largest absolute Gasteiger partial charge is 0.393 e. The molecule has 2 unspecified atom stereocenters. The lowest BCUT2D eigenvalue weighted by atomic mass is 9.77. The number of rotatable bonds is 0. The van der Waals surface area contributed by atoms with Crippen molar-refractivity contribution in [2.24, 2.45) is 16.7 Å². The topological polar surface area (TPSA) is 20.2 Å². The summed E-state index contributed by atoms with van der Waals surface area (Å²) in [5, 5.41) is 9.79. The highest BCUT2D eigenvalue weighted by Gasteiger charge is 2.43. The molecule has 1 saturated carbocycles. The maximum absolute atomic E-state index is 9.79. The van der Waals surface area contributed by atoms with E-state index in [1.54, 1.807) is 0 Å². The van der Waals surface area contributed by atoms with Gasteiger partial charge in [0.2, 0.25) is 0 Å². The number of aliphatic hydroxyl groups excluding tert-OH is 1. The van der Waals surface area contributed by atoms with Gasteiger partial charge in [-0.15, -0.1) is 0 Å². The zero-order valence-electron chi connectivity index (χ0n) is 9.02. The first kappa shape index (κ1) is 10.0. The van der Waals surface area contributed by atoms with Crippen molar-refractivity contribution in [3.8, 4) is 0 Å². The standard InChI is InChI=1S/C11H22O/c1-10(2,3)8-6-9(12)11(4,5)7-8/h8-9,12H,6-7H2,1-5H3. The van der Waals surface area contributed by atoms with Crippen molar-refractivity contribution in [1.82, 2.24) is 0 Å². The molecule has 1 aliphatic carbocycles. The van der Waals surface area contributed by atoms with E-state index in [0.717, 1.165) is 12.8 Å². The molecule has 0 heterocycles. The summed E-state index contributed by atoms with van der Waals surface area (Å²) >= 11 is 0. The lowest BCUT2D eigenvalue weighted by Gasteiger charge is -2.28. The molecule has 2 atom stereocenters. The van der Waals surface area contributed by atoms with Crippen LogP contribution >= 0.6 is 0 Å². The molecule has 1 aliphatic rings. The van der Waals surface area contributed by atoms with Gasteiger partial charge in [0.05, 0.1) is 6.10 Å². The second-order valence-corrected chi connectivity index (χ2v) is 6.01. The number of aliphatic hydroxyl groups is 1. The maximum Gasteiger partial charge on any atom is 0.0594 e. The third-order valence-corrected chi connectivity index (χ3v) is 3.41. The van der Waals surface area contributed by atoms with E-state index in [0.29, 0.717) is 11.3 Å². The van der Waals surface area contributed by atoms with E-state index >= 15 is 0 Å². The van der Waals surface area contributed by atoms with Crippen LogP contribution in [0, 0.1) is 16.7 Å². The van der Waals surface area contributed by atoms with Crippen LogP contribution in [0.25, 0.3) is 0 Å². The Hall–Kier alpha value is -0.0400. The molecule has 0 spiro atoms. The van der Waals surface area contributed by atoms with Gasteiger partial charge in [0.1, 0.15) is 0 Å². The molecule has 0 bridgehead atoms. The highest BCUT2D eigenvalue weighted by molar-refractivity contribution is 4.93. The minimum Gasteiger partial charge on any atom is -0.393 e. The predicted molar refractivity (Wildman–Crippen MR) is 52.0 cm³/mol. The SMILES string of the molecule is CC(C)(C)C1CC(O)C(C)(C)C1. The third-order valence-electron chi connectivity index (χ3n) is 3.41. The quantitative estimate of drug-likeness (QED) is 0.592. The van der Waals surface area contributed by atoms with Gasteiger partial charge in [-0.3, -0.25) is 0 Å². The molecular formula is C11H22O. The monoisotopic (exact) mass is 170 g/mol. The van der Waals surface area contributed by atoms with E-state index in [2.05, 4.69) is 34.6 Å². The van der Waals surface area contributed by atoms with Crippen LogP contribution in [0.5, 0.6) is 0 Å². The van der Waals surface area contributed by atoms with Gasteiger partial charge in [-0.25, -0.2) is 0 Å². The predicted octanol–water partition coefficient (Wildman–Crippen LogP) is 2.83. The molecule has 1 heteroatoms. The van der Waals surface area contributed by atoms with Gasteiger partial charge in [0, 0.05) is 0 Å². The van der Waals surface area contributed by atoms with Crippen molar-refractivity contribution >= 4 is 0 Å². The molecule has 1 rings (SSSR count). The van der Waals surface area contributed by atoms with Gasteiger partial charge in [-0.2, -0.15) is 0 Å². The van der Waals surface area contributed by atoms with Gasteiger partial charge >= 0.3 is 0 Å². The van der Waals surface area contributed by atoms with Crippen molar-refractivity contribution in [1.29, 1.82) is 0 Å². The summed E-state index contributed by atoms with van der Waals surface area (Å²) in [4.78, 5) is 0. The molecule has 12 heavy (non-hydrogen) atoms. The molecule has 0 amide bonds. The molecule has 0 aromatic carbocycles. The van der Waals surface area contributed by atoms with E-state index in [1.807, 2.05) is 0 Å². The number of hydrogen-bond acceptors (Lipinski definition) is 1. The van der Waals surface area contributed by atoms with Crippen LogP contribution in [0.3, 0.4) is 0 Å². The van der Waals surface area contributed by atoms with Crippen LogP contribution in [-0.4, -0.2) is 11.2 Å². The van der Waals surface area contributed by atoms with E-state index in [-0.39, 0.29) is 11.5 Å². The zero-order valence-corrected chi connectivity index (χ0v) is 9.02. The molecule has 0 radical (unpaired) electrons. The van der Waals surface area contributed by atoms with Crippen molar-refractivity contribution < 1.29 is 5.11 Å². The Labute approximate surface area is 76.2 Å². The Kier molecular flexibility index (Phi) is 2.28. The zero-order chi connectivity index (χ0) is 9.57. The van der Waals surface area contributed by atoms with Gasteiger partial charge in [0.15, 0.2) is 0 Å². The van der Waals surface area contributed by atoms with Crippen LogP contribution in [0.4, 0.5) is 0 Å². The highest BCUT2D eigenvalue weighted by atomic mass is 16.3. The molecule has 0 aliphatic heterocycles. The average Bonchev–Trinajstić information content (AvgIpc) is 2.06. The second kappa shape index (κ2) is 2.73. The van der Waals surface area contributed by atoms with E-state index in [1.165, 1.54) is 0 Å². The minimum atomic E-state index is -0.0956. The van der Waals surface area contributed by atoms with Crippen LogP contribution in [0.2, 0.25) is 0 Å². The Balaban J connectivity index is 2.67.